The van der Waals surface area contributed by atoms with E-state index in [0.717, 1.165) is 32.1 Å². The third kappa shape index (κ3) is 2.39. The van der Waals surface area contributed by atoms with E-state index in [1.165, 1.54) is 0 Å². The predicted octanol–water partition coefficient (Wildman–Crippen LogP) is 3.90. The second-order valence-corrected chi connectivity index (χ2v) is 15.8. The molecule has 0 aliphatic heterocycles. The summed E-state index contributed by atoms with van der Waals surface area (Å²) in [5.41, 5.74) is 0. The fourth-order valence-corrected chi connectivity index (χ4v) is 6.54. The van der Waals surface area contributed by atoms with Gasteiger partial charge in [0.15, 0.2) is 18.2 Å². The molecule has 0 amide bonds. The highest BCUT2D eigenvalue weighted by molar-refractivity contribution is 7.94. The molecule has 0 aromatic carbocycles. The molecule has 118 valence electrons. The van der Waals surface area contributed by atoms with Crippen molar-refractivity contribution in [1.82, 2.24) is 0 Å². The number of hydrogen-bond acceptors (Lipinski definition) is 3. The summed E-state index contributed by atoms with van der Waals surface area (Å²) in [6.07, 6.45) is 4.07. The fraction of sp³-hybridized carbons (Fsp3) is 1.00. The molecule has 2 saturated carbocycles. The van der Waals surface area contributed by atoms with E-state index in [1.54, 1.807) is 0 Å². The van der Waals surface area contributed by atoms with Crippen LogP contribution in [0, 0.1) is 0 Å². The van der Waals surface area contributed by atoms with Gasteiger partial charge in [-0.05, 0) is 50.2 Å². The van der Waals surface area contributed by atoms with E-state index in [1.807, 2.05) is 6.92 Å². The topological polar surface area (TPSA) is 43.4 Å². The fourth-order valence-electron chi connectivity index (χ4n) is 2.57. The zero-order valence-electron chi connectivity index (χ0n) is 13.9. The van der Waals surface area contributed by atoms with Crippen LogP contribution in [-0.2, 0) is 14.3 Å². The Morgan fingerprint density at radius 2 is 1.50 bits per heavy atom. The molecule has 0 heterocycles. The Hall–Kier alpha value is 0.127. The van der Waals surface area contributed by atoms with Crippen molar-refractivity contribution >= 4 is 18.2 Å². The molecule has 0 aromatic heterocycles. The molecule has 0 spiro atoms. The smallest absolute Gasteiger partial charge is 0.192 e. The molecule has 2 rings (SSSR count). The maximum absolute atomic E-state index is 12.9. The van der Waals surface area contributed by atoms with Crippen LogP contribution < -0.4 is 0 Å². The van der Waals surface area contributed by atoms with E-state index in [4.69, 9.17) is 4.43 Å². The Morgan fingerprint density at radius 1 is 1.05 bits per heavy atom. The van der Waals surface area contributed by atoms with Crippen molar-refractivity contribution < 1.29 is 12.8 Å². The summed E-state index contributed by atoms with van der Waals surface area (Å²) < 4.78 is 31.1. The summed E-state index contributed by atoms with van der Waals surface area (Å²) in [5, 5.41) is 0.134. The van der Waals surface area contributed by atoms with Crippen molar-refractivity contribution in [3.63, 3.8) is 0 Å². The SMILES string of the molecule is CCC1(S(=O)(=O)C2(CO[Si](C)(C)C(C)(C)C)CC2)CC1. The number of hydrogen-bond donors (Lipinski definition) is 0. The van der Waals surface area contributed by atoms with Gasteiger partial charge in [0.05, 0.1) is 16.1 Å². The van der Waals surface area contributed by atoms with Crippen molar-refractivity contribution in [2.75, 3.05) is 6.61 Å². The minimum Gasteiger partial charge on any atom is -0.415 e. The molecule has 2 fully saturated rings. The second kappa shape index (κ2) is 4.56. The highest BCUT2D eigenvalue weighted by Crippen LogP contribution is 2.58. The lowest BCUT2D eigenvalue weighted by Gasteiger charge is -2.37. The summed E-state index contributed by atoms with van der Waals surface area (Å²) >= 11 is 0. The molecule has 0 radical (unpaired) electrons. The molecule has 0 saturated heterocycles. The van der Waals surface area contributed by atoms with Crippen LogP contribution in [0.25, 0.3) is 0 Å². The van der Waals surface area contributed by atoms with Gasteiger partial charge in [0, 0.05) is 0 Å². The highest BCUT2D eigenvalue weighted by atomic mass is 32.2. The van der Waals surface area contributed by atoms with Crippen LogP contribution in [0.4, 0.5) is 0 Å². The molecule has 5 heteroatoms. The highest BCUT2D eigenvalue weighted by Gasteiger charge is 2.66. The average Bonchev–Trinajstić information content (AvgIpc) is 3.19. The molecular weight excluding hydrogens is 288 g/mol. The van der Waals surface area contributed by atoms with Crippen LogP contribution >= 0.6 is 0 Å². The lowest BCUT2D eigenvalue weighted by atomic mass is 10.2. The Kier molecular flexibility index (Phi) is 3.76. The molecule has 20 heavy (non-hydrogen) atoms. The summed E-state index contributed by atoms with van der Waals surface area (Å²) in [4.78, 5) is 0. The van der Waals surface area contributed by atoms with Crippen molar-refractivity contribution in [3.05, 3.63) is 0 Å². The van der Waals surface area contributed by atoms with Crippen molar-refractivity contribution in [3.8, 4) is 0 Å². The van der Waals surface area contributed by atoms with Crippen molar-refractivity contribution in [1.29, 1.82) is 0 Å². The molecule has 2 aliphatic carbocycles. The standard InChI is InChI=1S/C15H30O3SSi/c1-7-14(8-9-14)19(16,17)15(10-11-15)12-18-20(5,6)13(2,3)4/h7-12H2,1-6H3. The Balaban J connectivity index is 2.11. The van der Waals surface area contributed by atoms with E-state index in [2.05, 4.69) is 33.9 Å². The van der Waals surface area contributed by atoms with E-state index >= 15 is 0 Å². The zero-order valence-corrected chi connectivity index (χ0v) is 15.7. The lowest BCUT2D eigenvalue weighted by molar-refractivity contribution is 0.277. The first kappa shape index (κ1) is 16.5. The summed E-state index contributed by atoms with van der Waals surface area (Å²) in [7, 11) is -4.90. The molecular formula is C15H30O3SSi. The zero-order chi connectivity index (χ0) is 15.4. The van der Waals surface area contributed by atoms with Crippen molar-refractivity contribution in [2.24, 2.45) is 0 Å². The van der Waals surface area contributed by atoms with Gasteiger partial charge >= 0.3 is 0 Å². The second-order valence-electron chi connectivity index (χ2n) is 8.27. The molecule has 3 nitrogen and oxygen atoms in total. The third-order valence-corrected chi connectivity index (χ3v) is 13.9. The van der Waals surface area contributed by atoms with Gasteiger partial charge in [0.1, 0.15) is 0 Å². The van der Waals surface area contributed by atoms with Gasteiger partial charge < -0.3 is 4.43 Å². The molecule has 2 aliphatic rings. The van der Waals surface area contributed by atoms with Gasteiger partial charge in [0.25, 0.3) is 0 Å². The van der Waals surface area contributed by atoms with Crippen LogP contribution in [0.3, 0.4) is 0 Å². The van der Waals surface area contributed by atoms with Crippen molar-refractivity contribution in [2.45, 2.75) is 87.4 Å². The first-order valence-electron chi connectivity index (χ1n) is 7.81. The lowest BCUT2D eigenvalue weighted by Crippen LogP contribution is -2.46. The van der Waals surface area contributed by atoms with Crippen LogP contribution in [0.15, 0.2) is 0 Å². The van der Waals surface area contributed by atoms with Crippen LogP contribution in [0.5, 0.6) is 0 Å². The maximum Gasteiger partial charge on any atom is 0.192 e. The molecule has 0 bridgehead atoms. The van der Waals surface area contributed by atoms with Crippen LogP contribution in [0.2, 0.25) is 18.1 Å². The molecule has 0 atom stereocenters. The van der Waals surface area contributed by atoms with E-state index < -0.39 is 27.6 Å². The summed E-state index contributed by atoms with van der Waals surface area (Å²) in [5.74, 6) is 0. The first-order valence-corrected chi connectivity index (χ1v) is 12.2. The predicted molar refractivity (Wildman–Crippen MR) is 86.3 cm³/mol. The van der Waals surface area contributed by atoms with Crippen LogP contribution in [-0.4, -0.2) is 32.8 Å². The monoisotopic (exact) mass is 318 g/mol. The molecule has 0 N–H and O–H groups in total. The maximum atomic E-state index is 12.9. The van der Waals surface area contributed by atoms with E-state index in [-0.39, 0.29) is 5.04 Å². The van der Waals surface area contributed by atoms with Crippen LogP contribution in [0.1, 0.15) is 59.8 Å². The van der Waals surface area contributed by atoms with E-state index in [0.29, 0.717) is 6.61 Å². The third-order valence-electron chi connectivity index (χ3n) is 5.90. The molecule has 0 aromatic rings. The van der Waals surface area contributed by atoms with Gasteiger partial charge in [-0.1, -0.05) is 27.7 Å². The minimum absolute atomic E-state index is 0.134. The Labute approximate surface area is 125 Å². The van der Waals surface area contributed by atoms with Gasteiger partial charge in [-0.3, -0.25) is 0 Å². The Morgan fingerprint density at radius 3 is 1.80 bits per heavy atom. The molecule has 0 unspecified atom stereocenters. The van der Waals surface area contributed by atoms with E-state index in [9.17, 15) is 8.42 Å². The summed E-state index contributed by atoms with van der Waals surface area (Å²) in [6, 6.07) is 0. The number of rotatable bonds is 6. The first-order chi connectivity index (χ1) is 8.93. The van der Waals surface area contributed by atoms with Gasteiger partial charge in [-0.2, -0.15) is 0 Å². The van der Waals surface area contributed by atoms with Gasteiger partial charge in [-0.15, -0.1) is 0 Å². The largest absolute Gasteiger partial charge is 0.415 e. The normalized spacial score (nSPS) is 24.5. The summed E-state index contributed by atoms with van der Waals surface area (Å²) in [6.45, 7) is 13.4. The Bertz CT molecular complexity index is 480. The average molecular weight is 319 g/mol. The van der Waals surface area contributed by atoms with Gasteiger partial charge in [0.2, 0.25) is 0 Å². The number of sulfone groups is 1. The van der Waals surface area contributed by atoms with Gasteiger partial charge in [-0.25, -0.2) is 8.42 Å². The quantitative estimate of drug-likeness (QED) is 0.698. The minimum atomic E-state index is -3.04.